The lowest BCUT2D eigenvalue weighted by molar-refractivity contribution is 0.607. The van der Waals surface area contributed by atoms with Crippen LogP contribution in [-0.4, -0.2) is 9.97 Å². The predicted octanol–water partition coefficient (Wildman–Crippen LogP) is 11.0. The summed E-state index contributed by atoms with van der Waals surface area (Å²) < 4.78 is 0. The summed E-state index contributed by atoms with van der Waals surface area (Å²) in [6.07, 6.45) is 0. The summed E-state index contributed by atoms with van der Waals surface area (Å²) >= 11 is 1.86. The van der Waals surface area contributed by atoms with Gasteiger partial charge in [0, 0.05) is 31.7 Å². The highest BCUT2D eigenvalue weighted by Crippen LogP contribution is 2.49. The molecule has 0 atom stereocenters. The van der Waals surface area contributed by atoms with Gasteiger partial charge < -0.3 is 0 Å². The zero-order valence-electron chi connectivity index (χ0n) is 25.5. The number of hydrogen-bond acceptors (Lipinski definition) is 4. The maximum Gasteiger partial charge on any atom is 0.160 e. The molecule has 0 aliphatic carbocycles. The van der Waals surface area contributed by atoms with Crippen molar-refractivity contribution in [3.05, 3.63) is 156 Å². The topological polar surface area (TPSA) is 49.6 Å². The lowest BCUT2D eigenvalue weighted by Gasteiger charge is -2.34. The minimum Gasteiger partial charge on any atom is -0.228 e. The second-order valence-corrected chi connectivity index (χ2v) is 13.3. The maximum absolute atomic E-state index is 9.41. The van der Waals surface area contributed by atoms with Crippen LogP contribution < -0.4 is 0 Å². The van der Waals surface area contributed by atoms with Gasteiger partial charge in [-0.3, -0.25) is 0 Å². The van der Waals surface area contributed by atoms with Gasteiger partial charge in [-0.15, -0.1) is 0 Å². The Morgan fingerprint density at radius 3 is 2.04 bits per heavy atom. The molecule has 4 heteroatoms. The van der Waals surface area contributed by atoms with E-state index in [1.807, 2.05) is 60.3 Å². The molecule has 7 aromatic rings. The highest BCUT2D eigenvalue weighted by Gasteiger charge is 2.32. The van der Waals surface area contributed by atoms with Crippen LogP contribution in [0.25, 0.3) is 55.8 Å². The van der Waals surface area contributed by atoms with Gasteiger partial charge in [0.05, 0.1) is 22.8 Å². The van der Waals surface area contributed by atoms with Crippen LogP contribution >= 0.6 is 11.8 Å². The van der Waals surface area contributed by atoms with Gasteiger partial charge in [0.15, 0.2) is 5.82 Å². The van der Waals surface area contributed by atoms with Crippen LogP contribution in [0.2, 0.25) is 0 Å². The van der Waals surface area contributed by atoms with Gasteiger partial charge in [-0.1, -0.05) is 129 Å². The molecule has 0 N–H and O–H groups in total. The number of fused-ring (bicyclic) bond motifs is 3. The molecule has 3 nitrogen and oxygen atoms in total. The summed E-state index contributed by atoms with van der Waals surface area (Å²) in [6, 6.07) is 50.7. The lowest BCUT2D eigenvalue weighted by Crippen LogP contribution is -2.23. The summed E-state index contributed by atoms with van der Waals surface area (Å²) in [4.78, 5) is 12.8. The highest BCUT2D eigenvalue weighted by molar-refractivity contribution is 7.99. The average Bonchev–Trinajstić information content (AvgIpc) is 3.11. The van der Waals surface area contributed by atoms with E-state index in [4.69, 9.17) is 9.97 Å². The van der Waals surface area contributed by atoms with Crippen molar-refractivity contribution in [2.45, 2.75) is 29.1 Å². The van der Waals surface area contributed by atoms with E-state index in [2.05, 4.69) is 111 Å². The van der Waals surface area contributed by atoms with Gasteiger partial charge >= 0.3 is 0 Å². The first kappa shape index (κ1) is 28.0. The van der Waals surface area contributed by atoms with Crippen molar-refractivity contribution in [1.29, 1.82) is 5.26 Å². The fourth-order valence-corrected chi connectivity index (χ4v) is 7.93. The minimum absolute atomic E-state index is 0.0368. The van der Waals surface area contributed by atoms with Gasteiger partial charge in [0.25, 0.3) is 0 Å². The van der Waals surface area contributed by atoms with E-state index in [-0.39, 0.29) is 5.41 Å². The van der Waals surface area contributed by atoms with E-state index in [9.17, 15) is 5.26 Å². The Kier molecular flexibility index (Phi) is 6.78. The largest absolute Gasteiger partial charge is 0.228 e. The van der Waals surface area contributed by atoms with Gasteiger partial charge in [-0.25, -0.2) is 9.97 Å². The van der Waals surface area contributed by atoms with Crippen LogP contribution in [-0.2, 0) is 5.41 Å². The highest BCUT2D eigenvalue weighted by atomic mass is 32.2. The Morgan fingerprint density at radius 1 is 0.543 bits per heavy atom. The zero-order valence-corrected chi connectivity index (χ0v) is 26.3. The fraction of sp³-hybridized carbons (Fsp3) is 0.0714. The normalized spacial score (nSPS) is 13.1. The molecule has 0 fully saturated rings. The average molecular weight is 608 g/mol. The summed E-state index contributed by atoms with van der Waals surface area (Å²) in [5, 5.41) is 10.4. The quantitative estimate of drug-likeness (QED) is 0.200. The number of nitriles is 1. The van der Waals surface area contributed by atoms with Crippen molar-refractivity contribution in [1.82, 2.24) is 9.97 Å². The van der Waals surface area contributed by atoms with E-state index in [0.717, 1.165) is 44.4 Å². The molecule has 0 bridgehead atoms. The first-order chi connectivity index (χ1) is 22.5. The molecule has 0 unspecified atom stereocenters. The van der Waals surface area contributed by atoms with Crippen molar-refractivity contribution >= 4 is 22.7 Å². The Bertz CT molecular complexity index is 2330. The Hall–Kier alpha value is -5.50. The van der Waals surface area contributed by atoms with Crippen LogP contribution in [0, 0.1) is 11.3 Å². The number of hydrogen-bond donors (Lipinski definition) is 0. The molecule has 1 aliphatic heterocycles. The minimum atomic E-state index is -0.0368. The predicted molar refractivity (Wildman–Crippen MR) is 189 cm³/mol. The first-order valence-electron chi connectivity index (χ1n) is 15.4. The van der Waals surface area contributed by atoms with E-state index < -0.39 is 0 Å². The molecule has 2 heterocycles. The summed E-state index contributed by atoms with van der Waals surface area (Å²) in [6.45, 7) is 4.64. The molecule has 0 saturated carbocycles. The SMILES string of the molecule is CC1(C)c2ccccc2Sc2cc(-c3ccc(-c4nc(-c5cccc(-c6cccc(C#N)c6)c5)c5ccccc5n4)cc3)ccc21. The summed E-state index contributed by atoms with van der Waals surface area (Å²) in [5.41, 5.74) is 11.5. The first-order valence-corrected chi connectivity index (χ1v) is 16.2. The van der Waals surface area contributed by atoms with Crippen LogP contribution in [0.5, 0.6) is 0 Å². The molecule has 0 saturated heterocycles. The second kappa shape index (κ2) is 11.1. The molecule has 46 heavy (non-hydrogen) atoms. The molecule has 1 aliphatic rings. The molecule has 218 valence electrons. The van der Waals surface area contributed by atoms with Gasteiger partial charge in [-0.2, -0.15) is 5.26 Å². The van der Waals surface area contributed by atoms with Crippen LogP contribution in [0.4, 0.5) is 0 Å². The zero-order chi connectivity index (χ0) is 31.3. The van der Waals surface area contributed by atoms with E-state index in [1.54, 1.807) is 0 Å². The Balaban J connectivity index is 1.16. The molecule has 1 aromatic heterocycles. The van der Waals surface area contributed by atoms with Crippen molar-refractivity contribution < 1.29 is 0 Å². The van der Waals surface area contributed by atoms with Gasteiger partial charge in [0.2, 0.25) is 0 Å². The van der Waals surface area contributed by atoms with E-state index >= 15 is 0 Å². The monoisotopic (exact) mass is 607 g/mol. The maximum atomic E-state index is 9.41. The van der Waals surface area contributed by atoms with Crippen LogP contribution in [0.15, 0.2) is 149 Å². The number of rotatable bonds is 4. The number of aromatic nitrogens is 2. The van der Waals surface area contributed by atoms with Crippen molar-refractivity contribution in [3.63, 3.8) is 0 Å². The fourth-order valence-electron chi connectivity index (χ4n) is 6.49. The lowest BCUT2D eigenvalue weighted by atomic mass is 9.77. The molecule has 0 spiro atoms. The summed E-state index contributed by atoms with van der Waals surface area (Å²) in [5.74, 6) is 0.691. The van der Waals surface area contributed by atoms with E-state index in [1.165, 1.54) is 26.5 Å². The molecular weight excluding hydrogens is 579 g/mol. The van der Waals surface area contributed by atoms with Crippen molar-refractivity contribution in [3.8, 4) is 51.0 Å². The van der Waals surface area contributed by atoms with Crippen LogP contribution in [0.3, 0.4) is 0 Å². The molecule has 6 aromatic carbocycles. The van der Waals surface area contributed by atoms with Crippen molar-refractivity contribution in [2.75, 3.05) is 0 Å². The molecule has 0 radical (unpaired) electrons. The third-order valence-corrected chi connectivity index (χ3v) is 10.1. The molecule has 0 amide bonds. The number of nitrogens with zero attached hydrogens (tertiary/aromatic N) is 3. The van der Waals surface area contributed by atoms with Crippen molar-refractivity contribution in [2.24, 2.45) is 0 Å². The Labute approximate surface area is 273 Å². The van der Waals surface area contributed by atoms with Crippen LogP contribution in [0.1, 0.15) is 30.5 Å². The standard InChI is InChI=1S/C42H29N3S/c1-42(2)35-14-4-6-16-38(35)46-39-25-32(21-22-36(39)42)28-17-19-29(20-18-28)41-44-37-15-5-3-13-34(37)40(45-41)33-12-8-11-31(24-33)30-10-7-9-27(23-30)26-43/h3-25H,1-2H3. The smallest absolute Gasteiger partial charge is 0.160 e. The number of benzene rings is 6. The van der Waals surface area contributed by atoms with Gasteiger partial charge in [0.1, 0.15) is 0 Å². The molecular formula is C42H29N3S. The third kappa shape index (κ3) is 4.86. The third-order valence-electron chi connectivity index (χ3n) is 8.98. The molecule has 8 rings (SSSR count). The van der Waals surface area contributed by atoms with Gasteiger partial charge in [-0.05, 0) is 69.8 Å². The Morgan fingerprint density at radius 2 is 1.20 bits per heavy atom. The van der Waals surface area contributed by atoms with E-state index in [0.29, 0.717) is 11.4 Å². The second-order valence-electron chi connectivity index (χ2n) is 12.2. The summed E-state index contributed by atoms with van der Waals surface area (Å²) in [7, 11) is 0. The number of para-hydroxylation sites is 1.